The Morgan fingerprint density at radius 3 is 2.40 bits per heavy atom. The van der Waals surface area contributed by atoms with Gasteiger partial charge in [0, 0.05) is 30.6 Å². The maximum Gasteiger partial charge on any atom is 0.418 e. The lowest BCUT2D eigenvalue weighted by Gasteiger charge is -2.14. The zero-order chi connectivity index (χ0) is 15.6. The van der Waals surface area contributed by atoms with Crippen molar-refractivity contribution in [1.82, 2.24) is 0 Å². The molecule has 1 aromatic rings. The first-order valence-electron chi connectivity index (χ1n) is 5.28. The number of nitrogens with one attached hydrogen (secondary N) is 1. The zero-order valence-electron chi connectivity index (χ0n) is 10.3. The summed E-state index contributed by atoms with van der Waals surface area (Å²) < 4.78 is 60.1. The zero-order valence-corrected chi connectivity index (χ0v) is 11.1. The topological polar surface area (TPSA) is 89.3 Å². The molecule has 0 radical (unpaired) electrons. The SMILES string of the molecule is CS(=O)(=O)CCNc1ccc([N+](=O)[O-])cc1C(F)(F)F. The molecule has 0 saturated carbocycles. The molecule has 0 aromatic heterocycles. The summed E-state index contributed by atoms with van der Waals surface area (Å²) in [5.74, 6) is -0.346. The molecule has 1 N–H and O–H groups in total. The van der Waals surface area contributed by atoms with Crippen LogP contribution in [0.25, 0.3) is 0 Å². The van der Waals surface area contributed by atoms with Crippen LogP contribution in [0.3, 0.4) is 0 Å². The molecule has 112 valence electrons. The van der Waals surface area contributed by atoms with E-state index >= 15 is 0 Å². The standard InChI is InChI=1S/C10H11F3N2O4S/c1-20(18,19)5-4-14-9-3-2-7(15(16)17)6-8(9)10(11,12)13/h2-3,6,14H,4-5H2,1H3. The molecule has 0 heterocycles. The molecule has 0 atom stereocenters. The lowest BCUT2D eigenvalue weighted by Crippen LogP contribution is -2.17. The summed E-state index contributed by atoms with van der Waals surface area (Å²) in [6.45, 7) is -0.222. The second kappa shape index (κ2) is 5.65. The van der Waals surface area contributed by atoms with Gasteiger partial charge in [0.25, 0.3) is 5.69 Å². The Bertz CT molecular complexity index is 613. The Balaban J connectivity index is 3.04. The number of halogens is 3. The number of non-ortho nitro benzene ring substituents is 1. The summed E-state index contributed by atoms with van der Waals surface area (Å²) in [7, 11) is -3.32. The predicted octanol–water partition coefficient (Wildman–Crippen LogP) is 2.07. The van der Waals surface area contributed by atoms with Crippen molar-refractivity contribution in [2.75, 3.05) is 23.9 Å². The third-order valence-electron chi connectivity index (χ3n) is 2.31. The predicted molar refractivity (Wildman–Crippen MR) is 66.3 cm³/mol. The van der Waals surface area contributed by atoms with Gasteiger partial charge in [0.05, 0.1) is 16.2 Å². The van der Waals surface area contributed by atoms with E-state index in [4.69, 9.17) is 0 Å². The van der Waals surface area contributed by atoms with Gasteiger partial charge >= 0.3 is 6.18 Å². The maximum atomic E-state index is 12.8. The Morgan fingerprint density at radius 2 is 1.95 bits per heavy atom. The first kappa shape index (κ1) is 16.2. The van der Waals surface area contributed by atoms with E-state index < -0.39 is 37.9 Å². The molecule has 0 bridgehead atoms. The highest BCUT2D eigenvalue weighted by atomic mass is 32.2. The Labute approximate surface area is 112 Å². The van der Waals surface area contributed by atoms with Crippen LogP contribution in [0.1, 0.15) is 5.56 Å². The van der Waals surface area contributed by atoms with E-state index in [1.807, 2.05) is 0 Å². The summed E-state index contributed by atoms with van der Waals surface area (Å²) in [5.41, 5.74) is -2.29. The highest BCUT2D eigenvalue weighted by molar-refractivity contribution is 7.90. The number of nitro benzene ring substituents is 1. The maximum absolute atomic E-state index is 12.8. The van der Waals surface area contributed by atoms with Gasteiger partial charge in [-0.25, -0.2) is 8.42 Å². The van der Waals surface area contributed by atoms with E-state index in [-0.39, 0.29) is 12.3 Å². The van der Waals surface area contributed by atoms with Gasteiger partial charge in [-0.15, -0.1) is 0 Å². The van der Waals surface area contributed by atoms with Crippen LogP contribution in [0.4, 0.5) is 24.5 Å². The number of anilines is 1. The average molecular weight is 312 g/mol. The average Bonchev–Trinajstić information content (AvgIpc) is 2.25. The molecule has 0 saturated heterocycles. The minimum Gasteiger partial charge on any atom is -0.384 e. The smallest absolute Gasteiger partial charge is 0.384 e. The minimum absolute atomic E-state index is 0.222. The second-order valence-electron chi connectivity index (χ2n) is 4.04. The molecule has 1 aromatic carbocycles. The van der Waals surface area contributed by atoms with E-state index in [0.29, 0.717) is 6.07 Å². The third-order valence-corrected chi connectivity index (χ3v) is 3.25. The van der Waals surface area contributed by atoms with Gasteiger partial charge in [0.15, 0.2) is 0 Å². The summed E-state index contributed by atoms with van der Waals surface area (Å²) in [6.07, 6.45) is -3.82. The molecule has 0 aliphatic rings. The lowest BCUT2D eigenvalue weighted by molar-refractivity contribution is -0.385. The fourth-order valence-electron chi connectivity index (χ4n) is 1.41. The quantitative estimate of drug-likeness (QED) is 0.664. The molecule has 10 heteroatoms. The van der Waals surface area contributed by atoms with Crippen molar-refractivity contribution in [3.8, 4) is 0 Å². The molecule has 0 aliphatic heterocycles. The highest BCUT2D eigenvalue weighted by Crippen LogP contribution is 2.36. The Hall–Kier alpha value is -1.84. The molecule has 1 rings (SSSR count). The van der Waals surface area contributed by atoms with Crippen LogP contribution < -0.4 is 5.32 Å². The summed E-state index contributed by atoms with van der Waals surface area (Å²) in [6, 6.07) is 2.23. The molecule has 6 nitrogen and oxygen atoms in total. The molecule has 0 aliphatic carbocycles. The van der Waals surface area contributed by atoms with Gasteiger partial charge < -0.3 is 5.32 Å². The van der Waals surface area contributed by atoms with Crippen LogP contribution in [0.5, 0.6) is 0 Å². The van der Waals surface area contributed by atoms with Crippen molar-refractivity contribution in [2.24, 2.45) is 0 Å². The Morgan fingerprint density at radius 1 is 1.35 bits per heavy atom. The summed E-state index contributed by atoms with van der Waals surface area (Å²) in [4.78, 5) is 9.54. The van der Waals surface area contributed by atoms with Gasteiger partial charge in [0.2, 0.25) is 0 Å². The van der Waals surface area contributed by atoms with Gasteiger partial charge in [-0.2, -0.15) is 13.2 Å². The van der Waals surface area contributed by atoms with Crippen LogP contribution in [0, 0.1) is 10.1 Å². The van der Waals surface area contributed by atoms with Crippen LogP contribution in [-0.2, 0) is 16.0 Å². The molecule has 0 amide bonds. The number of alkyl halides is 3. The van der Waals surface area contributed by atoms with Crippen molar-refractivity contribution in [3.63, 3.8) is 0 Å². The first-order chi connectivity index (χ1) is 9.00. The number of nitro groups is 1. The summed E-state index contributed by atoms with van der Waals surface area (Å²) in [5, 5.41) is 12.8. The number of rotatable bonds is 5. The van der Waals surface area contributed by atoms with Gasteiger partial charge in [-0.3, -0.25) is 10.1 Å². The highest BCUT2D eigenvalue weighted by Gasteiger charge is 2.35. The van der Waals surface area contributed by atoms with Crippen LogP contribution in [0.15, 0.2) is 18.2 Å². The fourth-order valence-corrected chi connectivity index (χ4v) is 1.88. The van der Waals surface area contributed by atoms with E-state index in [9.17, 15) is 31.7 Å². The Kier molecular flexibility index (Phi) is 4.58. The van der Waals surface area contributed by atoms with Gasteiger partial charge in [0.1, 0.15) is 9.84 Å². The van der Waals surface area contributed by atoms with Crippen molar-refractivity contribution in [1.29, 1.82) is 0 Å². The normalized spacial score (nSPS) is 12.2. The van der Waals surface area contributed by atoms with Crippen LogP contribution in [0.2, 0.25) is 0 Å². The third kappa shape index (κ3) is 4.68. The van der Waals surface area contributed by atoms with E-state index in [1.165, 1.54) is 0 Å². The van der Waals surface area contributed by atoms with Crippen LogP contribution in [-0.4, -0.2) is 31.9 Å². The van der Waals surface area contributed by atoms with Crippen molar-refractivity contribution >= 4 is 21.2 Å². The number of nitrogens with zero attached hydrogens (tertiary/aromatic N) is 1. The second-order valence-corrected chi connectivity index (χ2v) is 6.30. The van der Waals surface area contributed by atoms with E-state index in [0.717, 1.165) is 18.4 Å². The van der Waals surface area contributed by atoms with Crippen molar-refractivity contribution in [3.05, 3.63) is 33.9 Å². The van der Waals surface area contributed by atoms with Crippen molar-refractivity contribution in [2.45, 2.75) is 6.18 Å². The van der Waals surface area contributed by atoms with Gasteiger partial charge in [-0.1, -0.05) is 0 Å². The number of hydrogen-bond donors (Lipinski definition) is 1. The first-order valence-corrected chi connectivity index (χ1v) is 7.34. The van der Waals surface area contributed by atoms with Crippen LogP contribution >= 0.6 is 0 Å². The largest absolute Gasteiger partial charge is 0.418 e. The van der Waals surface area contributed by atoms with E-state index in [2.05, 4.69) is 5.32 Å². The van der Waals surface area contributed by atoms with E-state index in [1.54, 1.807) is 0 Å². The monoisotopic (exact) mass is 312 g/mol. The molecule has 0 fully saturated rings. The molecule has 20 heavy (non-hydrogen) atoms. The fraction of sp³-hybridized carbons (Fsp3) is 0.400. The summed E-state index contributed by atoms with van der Waals surface area (Å²) >= 11 is 0. The molecule has 0 spiro atoms. The molecule has 0 unspecified atom stereocenters. The number of sulfone groups is 1. The van der Waals surface area contributed by atoms with Gasteiger partial charge in [-0.05, 0) is 6.07 Å². The molecular weight excluding hydrogens is 301 g/mol. The minimum atomic E-state index is -4.78. The molecular formula is C10H11F3N2O4S. The number of benzene rings is 1. The lowest BCUT2D eigenvalue weighted by atomic mass is 10.1. The van der Waals surface area contributed by atoms with Crippen molar-refractivity contribution < 1.29 is 26.5 Å². The number of hydrogen-bond acceptors (Lipinski definition) is 5.